The molecule has 0 saturated heterocycles. The van der Waals surface area contributed by atoms with Gasteiger partial charge in [0.1, 0.15) is 0 Å². The van der Waals surface area contributed by atoms with Crippen LogP contribution in [-0.2, 0) is 15.8 Å². The maximum atomic E-state index is 12.4. The quantitative estimate of drug-likeness (QED) is 0.845. The summed E-state index contributed by atoms with van der Waals surface area (Å²) in [6.07, 6.45) is 5.17. The fourth-order valence-electron chi connectivity index (χ4n) is 3.47. The average molecular weight is 349 g/mol. The number of rotatable bonds is 6. The van der Waals surface area contributed by atoms with Crippen molar-refractivity contribution in [1.82, 2.24) is 4.72 Å². The van der Waals surface area contributed by atoms with Gasteiger partial charge in [-0.3, -0.25) is 0 Å². The van der Waals surface area contributed by atoms with Crippen molar-refractivity contribution in [3.05, 3.63) is 35.4 Å². The van der Waals surface area contributed by atoms with Crippen LogP contribution in [0.1, 0.15) is 64.0 Å². The molecule has 0 bridgehead atoms. The van der Waals surface area contributed by atoms with E-state index in [0.717, 1.165) is 32.1 Å². The molecule has 1 aromatic carbocycles. The van der Waals surface area contributed by atoms with Gasteiger partial charge in [-0.1, -0.05) is 39.3 Å². The van der Waals surface area contributed by atoms with Crippen LogP contribution in [0.4, 0.5) is 0 Å². The van der Waals surface area contributed by atoms with Gasteiger partial charge >= 0.3 is 0 Å². The predicted octanol–water partition coefficient (Wildman–Crippen LogP) is 3.97. The molecule has 132 valence electrons. The van der Waals surface area contributed by atoms with Crippen molar-refractivity contribution < 1.29 is 8.42 Å². The Kier molecular flexibility index (Phi) is 6.06. The van der Waals surface area contributed by atoms with Crippen LogP contribution in [-0.4, -0.2) is 14.5 Å². The second-order valence-corrected chi connectivity index (χ2v) is 9.33. The van der Waals surface area contributed by atoms with E-state index in [1.807, 2.05) is 6.07 Å². The van der Waals surface area contributed by atoms with Crippen LogP contribution in [0.25, 0.3) is 0 Å². The number of hydrogen-bond acceptors (Lipinski definition) is 3. The molecular weight excluding hydrogens is 320 g/mol. The molecule has 0 radical (unpaired) electrons. The first kappa shape index (κ1) is 19.0. The van der Waals surface area contributed by atoms with E-state index in [-0.39, 0.29) is 11.8 Å². The Morgan fingerprint density at radius 1 is 1.17 bits per heavy atom. The molecule has 0 aromatic heterocycles. The highest BCUT2D eigenvalue weighted by atomic mass is 32.2. The Balaban J connectivity index is 1.90. The van der Waals surface area contributed by atoms with Gasteiger partial charge in [0.05, 0.1) is 17.4 Å². The Morgan fingerprint density at radius 3 is 2.25 bits per heavy atom. The highest BCUT2D eigenvalue weighted by Gasteiger charge is 2.32. The lowest BCUT2D eigenvalue weighted by atomic mass is 9.69. The Hall–Kier alpha value is -1.38. The number of nitriles is 1. The summed E-state index contributed by atoms with van der Waals surface area (Å²) in [5.41, 5.74) is 1.59. The van der Waals surface area contributed by atoms with Gasteiger partial charge in [-0.15, -0.1) is 0 Å². The third kappa shape index (κ3) is 5.06. The maximum absolute atomic E-state index is 12.4. The van der Waals surface area contributed by atoms with Crippen LogP contribution in [0, 0.1) is 22.7 Å². The number of sulfonamides is 1. The third-order valence-corrected chi connectivity index (χ3v) is 6.94. The van der Waals surface area contributed by atoms with E-state index >= 15 is 0 Å². The maximum Gasteiger partial charge on any atom is 0.216 e. The largest absolute Gasteiger partial charge is 0.216 e. The average Bonchev–Trinajstić information content (AvgIpc) is 2.55. The van der Waals surface area contributed by atoms with Gasteiger partial charge in [0, 0.05) is 6.04 Å². The fraction of sp³-hybridized carbons (Fsp3) is 0.632. The van der Waals surface area contributed by atoms with E-state index in [1.54, 1.807) is 24.3 Å². The summed E-state index contributed by atoms with van der Waals surface area (Å²) in [5.74, 6) is 0.654. The summed E-state index contributed by atoms with van der Waals surface area (Å²) in [5, 5.41) is 8.79. The SMILES string of the molecule is CCC(C)(C)C1CCC(NS(=O)(=O)Cc2ccc(C#N)cc2)CC1. The molecule has 0 heterocycles. The molecule has 24 heavy (non-hydrogen) atoms. The molecule has 2 rings (SSSR count). The first-order valence-corrected chi connectivity index (χ1v) is 10.4. The lowest BCUT2D eigenvalue weighted by Crippen LogP contribution is -2.40. The van der Waals surface area contributed by atoms with Crippen molar-refractivity contribution in [2.75, 3.05) is 0 Å². The van der Waals surface area contributed by atoms with E-state index in [2.05, 4.69) is 25.5 Å². The molecule has 1 aliphatic rings. The molecule has 0 amide bonds. The smallest absolute Gasteiger partial charge is 0.212 e. The molecule has 1 fully saturated rings. The third-order valence-electron chi connectivity index (χ3n) is 5.53. The summed E-state index contributed by atoms with van der Waals surface area (Å²) in [7, 11) is -3.35. The van der Waals surface area contributed by atoms with Crippen LogP contribution in [0.3, 0.4) is 0 Å². The Morgan fingerprint density at radius 2 is 1.75 bits per heavy atom. The lowest BCUT2D eigenvalue weighted by Gasteiger charge is -2.39. The Bertz CT molecular complexity index is 679. The summed E-state index contributed by atoms with van der Waals surface area (Å²) in [4.78, 5) is 0. The van der Waals surface area contributed by atoms with Crippen LogP contribution < -0.4 is 4.72 Å². The van der Waals surface area contributed by atoms with Crippen molar-refractivity contribution in [3.63, 3.8) is 0 Å². The summed E-state index contributed by atoms with van der Waals surface area (Å²) < 4.78 is 27.6. The van der Waals surface area contributed by atoms with Gasteiger partial charge in [0.2, 0.25) is 10.0 Å². The predicted molar refractivity (Wildman–Crippen MR) is 96.7 cm³/mol. The standard InChI is InChI=1S/C19H28N2O2S/c1-4-19(2,3)17-9-11-18(12-10-17)21-24(22,23)14-16-7-5-15(13-20)6-8-16/h5-8,17-18,21H,4,9-12,14H2,1-3H3. The number of benzene rings is 1. The number of hydrogen-bond donors (Lipinski definition) is 1. The molecule has 1 aromatic rings. The van der Waals surface area contributed by atoms with Gasteiger partial charge in [0.15, 0.2) is 0 Å². The van der Waals surface area contributed by atoms with Crippen LogP contribution >= 0.6 is 0 Å². The van der Waals surface area contributed by atoms with Crippen molar-refractivity contribution >= 4 is 10.0 Å². The summed E-state index contributed by atoms with van der Waals surface area (Å²) in [6.45, 7) is 6.85. The first-order chi connectivity index (χ1) is 11.3. The van der Waals surface area contributed by atoms with Gasteiger partial charge in [-0.25, -0.2) is 13.1 Å². The minimum Gasteiger partial charge on any atom is -0.212 e. The van der Waals surface area contributed by atoms with E-state index in [9.17, 15) is 8.42 Å². The monoisotopic (exact) mass is 348 g/mol. The number of nitrogens with one attached hydrogen (secondary N) is 1. The van der Waals surface area contributed by atoms with Crippen molar-refractivity contribution in [2.45, 2.75) is 64.7 Å². The highest BCUT2D eigenvalue weighted by molar-refractivity contribution is 7.88. The molecule has 1 N–H and O–H groups in total. The van der Waals surface area contributed by atoms with E-state index in [4.69, 9.17) is 5.26 Å². The number of nitrogens with zero attached hydrogens (tertiary/aromatic N) is 1. The zero-order chi connectivity index (χ0) is 17.8. The summed E-state index contributed by atoms with van der Waals surface area (Å²) >= 11 is 0. The molecule has 0 aliphatic heterocycles. The zero-order valence-electron chi connectivity index (χ0n) is 14.9. The summed E-state index contributed by atoms with van der Waals surface area (Å²) in [6, 6.07) is 8.82. The second kappa shape index (κ2) is 7.67. The molecule has 5 heteroatoms. The fourth-order valence-corrected chi connectivity index (χ4v) is 4.93. The zero-order valence-corrected chi connectivity index (χ0v) is 15.7. The van der Waals surface area contributed by atoms with Crippen LogP contribution in [0.5, 0.6) is 0 Å². The Labute approximate surface area is 146 Å². The van der Waals surface area contributed by atoms with Crippen molar-refractivity contribution in [1.29, 1.82) is 5.26 Å². The second-order valence-electron chi connectivity index (χ2n) is 7.58. The highest BCUT2D eigenvalue weighted by Crippen LogP contribution is 2.40. The minimum absolute atomic E-state index is 0.0287. The molecule has 0 atom stereocenters. The normalized spacial score (nSPS) is 22.1. The molecular formula is C19H28N2O2S. The van der Waals surface area contributed by atoms with Crippen LogP contribution in [0.15, 0.2) is 24.3 Å². The topological polar surface area (TPSA) is 70.0 Å². The minimum atomic E-state index is -3.35. The van der Waals surface area contributed by atoms with E-state index in [0.29, 0.717) is 22.5 Å². The molecule has 4 nitrogen and oxygen atoms in total. The molecule has 0 spiro atoms. The van der Waals surface area contributed by atoms with Gasteiger partial charge in [-0.05, 0) is 54.7 Å². The van der Waals surface area contributed by atoms with E-state index < -0.39 is 10.0 Å². The van der Waals surface area contributed by atoms with Gasteiger partial charge in [0.25, 0.3) is 0 Å². The van der Waals surface area contributed by atoms with Gasteiger partial charge in [-0.2, -0.15) is 5.26 Å². The van der Waals surface area contributed by atoms with Crippen LogP contribution in [0.2, 0.25) is 0 Å². The molecule has 1 aliphatic carbocycles. The van der Waals surface area contributed by atoms with Gasteiger partial charge < -0.3 is 0 Å². The van der Waals surface area contributed by atoms with Crippen molar-refractivity contribution in [3.8, 4) is 6.07 Å². The molecule has 1 saturated carbocycles. The first-order valence-electron chi connectivity index (χ1n) is 8.75. The lowest BCUT2D eigenvalue weighted by molar-refractivity contribution is 0.142. The van der Waals surface area contributed by atoms with Crippen molar-refractivity contribution in [2.24, 2.45) is 11.3 Å². The van der Waals surface area contributed by atoms with E-state index in [1.165, 1.54) is 0 Å². The molecule has 0 unspecified atom stereocenters.